The van der Waals surface area contributed by atoms with Crippen molar-refractivity contribution in [2.75, 3.05) is 6.61 Å². The van der Waals surface area contributed by atoms with Crippen LogP contribution in [-0.2, 0) is 6.42 Å². The number of allylic oxidation sites excluding steroid dienone is 1. The molecule has 0 aliphatic carbocycles. The van der Waals surface area contributed by atoms with E-state index in [2.05, 4.69) is 19.2 Å². The minimum Gasteiger partial charge on any atom is -0.493 e. The number of hydrogen-bond donors (Lipinski definition) is 1. The van der Waals surface area contributed by atoms with E-state index in [4.69, 9.17) is 16.3 Å². The van der Waals surface area contributed by atoms with Gasteiger partial charge in [0.25, 0.3) is 0 Å². The highest BCUT2D eigenvalue weighted by atomic mass is 35.5. The van der Waals surface area contributed by atoms with E-state index in [-0.39, 0.29) is 11.3 Å². The summed E-state index contributed by atoms with van der Waals surface area (Å²) in [6, 6.07) is 13.1. The predicted octanol–water partition coefficient (Wildman–Crippen LogP) is 4.89. The highest BCUT2D eigenvalue weighted by molar-refractivity contribution is 6.30. The van der Waals surface area contributed by atoms with Crippen molar-refractivity contribution in [3.63, 3.8) is 0 Å². The molecule has 0 unspecified atom stereocenters. The molecule has 3 nitrogen and oxygen atoms in total. The molecule has 0 fully saturated rings. The topological polar surface area (TPSA) is 38.3 Å². The van der Waals surface area contributed by atoms with Crippen molar-refractivity contribution in [1.29, 1.82) is 0 Å². The van der Waals surface area contributed by atoms with E-state index in [0.717, 1.165) is 23.2 Å². The number of hydrogen-bond acceptors (Lipinski definition) is 3. The minimum atomic E-state index is -0.150. The molecule has 2 aromatic rings. The van der Waals surface area contributed by atoms with Gasteiger partial charge in [-0.1, -0.05) is 29.8 Å². The van der Waals surface area contributed by atoms with Crippen LogP contribution in [0.2, 0.25) is 5.02 Å². The number of rotatable bonds is 4. The van der Waals surface area contributed by atoms with Gasteiger partial charge in [-0.05, 0) is 57.0 Å². The first-order chi connectivity index (χ1) is 11.9. The summed E-state index contributed by atoms with van der Waals surface area (Å²) in [7, 11) is 0. The first kappa shape index (κ1) is 17.6. The third-order valence-corrected chi connectivity index (χ3v) is 4.43. The van der Waals surface area contributed by atoms with Gasteiger partial charge in [-0.25, -0.2) is 0 Å². The van der Waals surface area contributed by atoms with E-state index in [1.165, 1.54) is 0 Å². The average Bonchev–Trinajstić information content (AvgIpc) is 2.54. The van der Waals surface area contributed by atoms with Crippen LogP contribution in [0.3, 0.4) is 0 Å². The second-order valence-corrected chi connectivity index (χ2v) is 7.28. The van der Waals surface area contributed by atoms with Crippen LogP contribution in [0.15, 0.2) is 48.5 Å². The number of nitrogens with one attached hydrogen (secondary N) is 1. The molecule has 0 saturated carbocycles. The minimum absolute atomic E-state index is 0.0786. The van der Waals surface area contributed by atoms with Crippen molar-refractivity contribution < 1.29 is 9.53 Å². The van der Waals surface area contributed by atoms with Crippen molar-refractivity contribution in [2.24, 2.45) is 0 Å². The molecular formula is C21H22ClNO2. The van der Waals surface area contributed by atoms with Gasteiger partial charge in [-0.15, -0.1) is 0 Å². The van der Waals surface area contributed by atoms with Crippen LogP contribution in [0, 0.1) is 0 Å². The molecule has 1 aliphatic rings. The van der Waals surface area contributed by atoms with Crippen LogP contribution in [0.1, 0.15) is 42.3 Å². The lowest BCUT2D eigenvalue weighted by atomic mass is 9.85. The Hall–Kier alpha value is -2.26. The first-order valence-corrected chi connectivity index (χ1v) is 8.82. The summed E-state index contributed by atoms with van der Waals surface area (Å²) < 4.78 is 5.59. The van der Waals surface area contributed by atoms with Crippen LogP contribution in [0.25, 0.3) is 5.70 Å². The fourth-order valence-corrected chi connectivity index (χ4v) is 3.39. The SMILES string of the molecule is CCOc1ccccc1C(=O)/C=C1\NC(C)(C)Cc2cc(Cl)ccc21. The van der Waals surface area contributed by atoms with E-state index in [1.807, 2.05) is 43.3 Å². The smallest absolute Gasteiger partial charge is 0.191 e. The van der Waals surface area contributed by atoms with E-state index < -0.39 is 0 Å². The third-order valence-electron chi connectivity index (χ3n) is 4.19. The van der Waals surface area contributed by atoms with Gasteiger partial charge in [0, 0.05) is 27.9 Å². The summed E-state index contributed by atoms with van der Waals surface area (Å²) in [4.78, 5) is 12.9. The molecule has 0 saturated heterocycles. The maximum atomic E-state index is 12.9. The van der Waals surface area contributed by atoms with Crippen molar-refractivity contribution >= 4 is 23.1 Å². The van der Waals surface area contributed by atoms with Crippen molar-refractivity contribution in [3.05, 3.63) is 70.3 Å². The normalized spacial score (nSPS) is 16.9. The number of ether oxygens (including phenoxy) is 1. The summed E-state index contributed by atoms with van der Waals surface area (Å²) in [5, 5.41) is 4.19. The van der Waals surface area contributed by atoms with Crippen LogP contribution in [0.5, 0.6) is 5.75 Å². The van der Waals surface area contributed by atoms with Crippen LogP contribution >= 0.6 is 11.6 Å². The summed E-state index contributed by atoms with van der Waals surface area (Å²) in [6.45, 7) is 6.66. The molecule has 25 heavy (non-hydrogen) atoms. The van der Waals surface area contributed by atoms with Gasteiger partial charge in [0.2, 0.25) is 0 Å². The first-order valence-electron chi connectivity index (χ1n) is 8.44. The Morgan fingerprint density at radius 3 is 2.80 bits per heavy atom. The molecule has 0 spiro atoms. The summed E-state index contributed by atoms with van der Waals surface area (Å²) >= 11 is 6.15. The quantitative estimate of drug-likeness (QED) is 0.627. The molecule has 4 heteroatoms. The van der Waals surface area contributed by atoms with Crippen molar-refractivity contribution in [2.45, 2.75) is 32.7 Å². The van der Waals surface area contributed by atoms with Gasteiger partial charge in [0.15, 0.2) is 5.78 Å². The molecule has 2 aromatic carbocycles. The van der Waals surface area contributed by atoms with Gasteiger partial charge in [-0.3, -0.25) is 4.79 Å². The van der Waals surface area contributed by atoms with E-state index in [0.29, 0.717) is 22.9 Å². The van der Waals surface area contributed by atoms with Crippen LogP contribution in [-0.4, -0.2) is 17.9 Å². The van der Waals surface area contributed by atoms with Gasteiger partial charge in [0.05, 0.1) is 12.2 Å². The highest BCUT2D eigenvalue weighted by Gasteiger charge is 2.28. The Bertz CT molecular complexity index is 840. The predicted molar refractivity (Wildman–Crippen MR) is 102 cm³/mol. The number of para-hydroxylation sites is 1. The Kier molecular flexibility index (Phi) is 4.87. The summed E-state index contributed by atoms with van der Waals surface area (Å²) in [5.74, 6) is 0.531. The third kappa shape index (κ3) is 3.88. The van der Waals surface area contributed by atoms with E-state index in [9.17, 15) is 4.79 Å². The summed E-state index contributed by atoms with van der Waals surface area (Å²) in [6.07, 6.45) is 2.51. The molecule has 0 amide bonds. The molecule has 0 atom stereocenters. The average molecular weight is 356 g/mol. The molecular weight excluding hydrogens is 334 g/mol. The number of carbonyl (C=O) groups excluding carboxylic acids is 1. The number of fused-ring (bicyclic) bond motifs is 1. The zero-order valence-corrected chi connectivity index (χ0v) is 15.5. The molecule has 0 aromatic heterocycles. The van der Waals surface area contributed by atoms with Crippen molar-refractivity contribution in [3.8, 4) is 5.75 Å². The van der Waals surface area contributed by atoms with Crippen LogP contribution < -0.4 is 10.1 Å². The molecule has 1 heterocycles. The number of halogens is 1. The van der Waals surface area contributed by atoms with Gasteiger partial charge < -0.3 is 10.1 Å². The largest absolute Gasteiger partial charge is 0.493 e. The summed E-state index contributed by atoms with van der Waals surface area (Å²) in [5.41, 5.74) is 3.40. The Balaban J connectivity index is 2.02. The second kappa shape index (κ2) is 6.93. The van der Waals surface area contributed by atoms with Crippen LogP contribution in [0.4, 0.5) is 0 Å². The van der Waals surface area contributed by atoms with E-state index in [1.54, 1.807) is 12.1 Å². The number of benzene rings is 2. The number of ketones is 1. The molecule has 0 bridgehead atoms. The zero-order valence-electron chi connectivity index (χ0n) is 14.7. The molecule has 1 aliphatic heterocycles. The highest BCUT2D eigenvalue weighted by Crippen LogP contribution is 2.32. The number of carbonyl (C=O) groups is 1. The van der Waals surface area contributed by atoms with Gasteiger partial charge in [-0.2, -0.15) is 0 Å². The monoisotopic (exact) mass is 355 g/mol. The Morgan fingerprint density at radius 2 is 2.04 bits per heavy atom. The Morgan fingerprint density at radius 1 is 1.28 bits per heavy atom. The fourth-order valence-electron chi connectivity index (χ4n) is 3.20. The molecule has 0 radical (unpaired) electrons. The fraction of sp³-hybridized carbons (Fsp3) is 0.286. The van der Waals surface area contributed by atoms with E-state index >= 15 is 0 Å². The lowest BCUT2D eigenvalue weighted by Gasteiger charge is -2.35. The lowest BCUT2D eigenvalue weighted by Crippen LogP contribution is -2.43. The second-order valence-electron chi connectivity index (χ2n) is 6.84. The zero-order chi connectivity index (χ0) is 18.0. The lowest BCUT2D eigenvalue weighted by molar-refractivity contribution is 0.104. The molecule has 3 rings (SSSR count). The van der Waals surface area contributed by atoms with Crippen molar-refractivity contribution in [1.82, 2.24) is 5.32 Å². The Labute approximate surface area is 153 Å². The van der Waals surface area contributed by atoms with Gasteiger partial charge in [0.1, 0.15) is 5.75 Å². The maximum Gasteiger partial charge on any atom is 0.191 e. The molecule has 130 valence electrons. The maximum absolute atomic E-state index is 12.9. The molecule has 1 N–H and O–H groups in total. The standard InChI is InChI=1S/C21H22ClNO2/c1-4-25-20-8-6-5-7-17(20)19(24)12-18-16-10-9-15(22)11-14(16)13-21(2,3)23-18/h5-12,23H,4,13H2,1-3H3/b18-12-. The van der Waals surface area contributed by atoms with Gasteiger partial charge >= 0.3 is 0 Å².